The van der Waals surface area contributed by atoms with Gasteiger partial charge in [0.05, 0.1) is 17.3 Å². The number of nitrogens with one attached hydrogen (secondary N) is 2. The van der Waals surface area contributed by atoms with Crippen molar-refractivity contribution in [1.82, 2.24) is 0 Å². The van der Waals surface area contributed by atoms with E-state index >= 15 is 0 Å². The Kier molecular flexibility index (Phi) is 9.09. The van der Waals surface area contributed by atoms with Gasteiger partial charge in [-0.05, 0) is 73.9 Å². The molecule has 3 aromatic carbocycles. The molecule has 0 aromatic heterocycles. The van der Waals surface area contributed by atoms with Gasteiger partial charge in [-0.2, -0.15) is 5.26 Å². The molecule has 184 valence electrons. The van der Waals surface area contributed by atoms with Crippen LogP contribution in [-0.4, -0.2) is 25.0 Å². The first-order valence-electron chi connectivity index (χ1n) is 11.3. The van der Waals surface area contributed by atoms with Gasteiger partial charge in [-0.25, -0.2) is 0 Å². The van der Waals surface area contributed by atoms with Crippen LogP contribution in [0.5, 0.6) is 11.5 Å². The summed E-state index contributed by atoms with van der Waals surface area (Å²) in [4.78, 5) is 25.0. The highest BCUT2D eigenvalue weighted by Crippen LogP contribution is 2.30. The number of anilines is 2. The Morgan fingerprint density at radius 1 is 0.972 bits per heavy atom. The van der Waals surface area contributed by atoms with Crippen LogP contribution in [0.4, 0.5) is 11.4 Å². The maximum absolute atomic E-state index is 12.6. The molecular weight excluding hydrogens is 478 g/mol. The molecule has 0 aliphatic carbocycles. The van der Waals surface area contributed by atoms with E-state index in [4.69, 9.17) is 21.1 Å². The Morgan fingerprint density at radius 3 is 2.44 bits per heavy atom. The highest BCUT2D eigenvalue weighted by atomic mass is 35.5. The molecule has 2 N–H and O–H groups in total. The number of hydrogen-bond acceptors (Lipinski definition) is 5. The number of benzene rings is 3. The van der Waals surface area contributed by atoms with Crippen molar-refractivity contribution < 1.29 is 19.1 Å². The van der Waals surface area contributed by atoms with Gasteiger partial charge in [-0.15, -0.1) is 0 Å². The number of carbonyl (C=O) groups is 2. The molecule has 3 aromatic rings. The van der Waals surface area contributed by atoms with Crippen molar-refractivity contribution in [3.8, 4) is 17.6 Å². The highest BCUT2D eigenvalue weighted by molar-refractivity contribution is 6.34. The third-order valence-electron chi connectivity index (χ3n) is 5.30. The normalized spacial score (nSPS) is 10.8. The Bertz CT molecular complexity index is 1340. The molecule has 0 fully saturated rings. The monoisotopic (exact) mass is 503 g/mol. The molecule has 0 saturated carbocycles. The van der Waals surface area contributed by atoms with Gasteiger partial charge in [0.2, 0.25) is 0 Å². The van der Waals surface area contributed by atoms with E-state index in [9.17, 15) is 14.9 Å². The summed E-state index contributed by atoms with van der Waals surface area (Å²) in [6.45, 7) is 5.87. The maximum Gasteiger partial charge on any atom is 0.266 e. The molecule has 0 atom stereocenters. The minimum atomic E-state index is -0.591. The van der Waals surface area contributed by atoms with Gasteiger partial charge >= 0.3 is 0 Å². The molecule has 7 nitrogen and oxygen atoms in total. The van der Waals surface area contributed by atoms with Crippen LogP contribution in [0.3, 0.4) is 0 Å². The van der Waals surface area contributed by atoms with Gasteiger partial charge in [-0.1, -0.05) is 41.9 Å². The third-order valence-corrected chi connectivity index (χ3v) is 5.63. The number of nitriles is 1. The molecule has 0 bridgehead atoms. The topological polar surface area (TPSA) is 100 Å². The Labute approximate surface area is 215 Å². The fraction of sp³-hybridized carbons (Fsp3) is 0.179. The first-order valence-corrected chi connectivity index (χ1v) is 11.6. The smallest absolute Gasteiger partial charge is 0.266 e. The molecule has 2 amide bonds. The van der Waals surface area contributed by atoms with E-state index in [0.29, 0.717) is 34.4 Å². The van der Waals surface area contributed by atoms with Crippen molar-refractivity contribution in [2.75, 3.05) is 23.8 Å². The van der Waals surface area contributed by atoms with Crippen molar-refractivity contribution in [1.29, 1.82) is 5.26 Å². The van der Waals surface area contributed by atoms with E-state index in [2.05, 4.69) is 10.6 Å². The quantitative estimate of drug-likeness (QED) is 0.279. The van der Waals surface area contributed by atoms with E-state index in [1.54, 1.807) is 42.5 Å². The number of para-hydroxylation sites is 1. The average molecular weight is 504 g/mol. The summed E-state index contributed by atoms with van der Waals surface area (Å²) in [5.74, 6) is -0.149. The van der Waals surface area contributed by atoms with Crippen LogP contribution in [0.2, 0.25) is 5.02 Å². The fourth-order valence-electron chi connectivity index (χ4n) is 3.29. The largest absolute Gasteiger partial charge is 0.490 e. The Morgan fingerprint density at radius 2 is 1.72 bits per heavy atom. The Balaban J connectivity index is 1.73. The number of rotatable bonds is 9. The number of ether oxygens (including phenoxy) is 2. The van der Waals surface area contributed by atoms with E-state index in [1.807, 2.05) is 45.0 Å². The zero-order valence-corrected chi connectivity index (χ0v) is 21.0. The molecule has 0 unspecified atom stereocenters. The molecule has 0 aliphatic rings. The van der Waals surface area contributed by atoms with Crippen molar-refractivity contribution in [2.45, 2.75) is 20.8 Å². The Hall–Kier alpha value is -4.28. The SMILES string of the molecule is CCOc1cc(/C=C(\C#N)C(=O)Nc2ccccc2Cl)ccc1OCC(=O)Nc1cccc(C)c1C. The van der Waals surface area contributed by atoms with Crippen LogP contribution in [0, 0.1) is 25.2 Å². The van der Waals surface area contributed by atoms with Gasteiger partial charge in [0.15, 0.2) is 18.1 Å². The standard InChI is InChI=1S/C28H26ClN3O4/c1-4-35-26-15-20(14-21(16-30)28(34)32-24-10-6-5-9-22(24)29)12-13-25(26)36-17-27(33)31-23-11-7-8-18(2)19(23)3/h5-15H,4,17H2,1-3H3,(H,31,33)(H,32,34)/b21-14+. The van der Waals surface area contributed by atoms with Crippen LogP contribution in [0.15, 0.2) is 66.2 Å². The summed E-state index contributed by atoms with van der Waals surface area (Å²) < 4.78 is 11.4. The van der Waals surface area contributed by atoms with Gasteiger partial charge in [-0.3, -0.25) is 9.59 Å². The fourth-order valence-corrected chi connectivity index (χ4v) is 3.47. The van der Waals surface area contributed by atoms with Gasteiger partial charge in [0.25, 0.3) is 11.8 Å². The second-order valence-electron chi connectivity index (χ2n) is 7.83. The van der Waals surface area contributed by atoms with Crippen molar-refractivity contribution >= 4 is 40.9 Å². The molecule has 36 heavy (non-hydrogen) atoms. The average Bonchev–Trinajstić information content (AvgIpc) is 2.86. The summed E-state index contributed by atoms with van der Waals surface area (Å²) in [6.07, 6.45) is 1.44. The number of carbonyl (C=O) groups excluding carboxylic acids is 2. The molecule has 0 aliphatic heterocycles. The number of halogens is 1. The number of nitrogens with zero attached hydrogens (tertiary/aromatic N) is 1. The van der Waals surface area contributed by atoms with Crippen LogP contribution in [0.25, 0.3) is 6.08 Å². The lowest BCUT2D eigenvalue weighted by molar-refractivity contribution is -0.118. The third kappa shape index (κ3) is 6.87. The first-order chi connectivity index (χ1) is 17.3. The van der Waals surface area contributed by atoms with Gasteiger partial charge in [0, 0.05) is 5.69 Å². The summed E-state index contributed by atoms with van der Waals surface area (Å²) in [7, 11) is 0. The van der Waals surface area contributed by atoms with E-state index < -0.39 is 5.91 Å². The predicted molar refractivity (Wildman–Crippen MR) is 141 cm³/mol. The van der Waals surface area contributed by atoms with Crippen LogP contribution in [0.1, 0.15) is 23.6 Å². The number of amides is 2. The molecule has 3 rings (SSSR count). The van der Waals surface area contributed by atoms with Crippen LogP contribution < -0.4 is 20.1 Å². The van der Waals surface area contributed by atoms with Crippen molar-refractivity contribution in [3.63, 3.8) is 0 Å². The summed E-state index contributed by atoms with van der Waals surface area (Å²) >= 11 is 6.09. The zero-order valence-electron chi connectivity index (χ0n) is 20.2. The maximum atomic E-state index is 12.6. The number of aryl methyl sites for hydroxylation is 1. The van der Waals surface area contributed by atoms with E-state index in [-0.39, 0.29) is 18.1 Å². The minimum Gasteiger partial charge on any atom is -0.490 e. The number of hydrogen-bond donors (Lipinski definition) is 2. The van der Waals surface area contributed by atoms with Crippen LogP contribution >= 0.6 is 11.6 Å². The molecule has 8 heteroatoms. The summed E-state index contributed by atoms with van der Waals surface area (Å²) in [6, 6.07) is 19.3. The predicted octanol–water partition coefficient (Wildman–Crippen LogP) is 5.92. The van der Waals surface area contributed by atoms with Crippen molar-refractivity contribution in [3.05, 3.63) is 87.9 Å². The van der Waals surface area contributed by atoms with Crippen LogP contribution in [-0.2, 0) is 9.59 Å². The highest BCUT2D eigenvalue weighted by Gasteiger charge is 2.14. The van der Waals surface area contributed by atoms with Gasteiger partial charge in [0.1, 0.15) is 11.6 Å². The lowest BCUT2D eigenvalue weighted by atomic mass is 10.1. The second-order valence-corrected chi connectivity index (χ2v) is 8.23. The molecule has 0 saturated heterocycles. The first kappa shape index (κ1) is 26.3. The summed E-state index contributed by atoms with van der Waals surface area (Å²) in [5.41, 5.74) is 3.64. The van der Waals surface area contributed by atoms with E-state index in [1.165, 1.54) is 6.08 Å². The molecule has 0 spiro atoms. The van der Waals surface area contributed by atoms with Gasteiger partial charge < -0.3 is 20.1 Å². The minimum absolute atomic E-state index is 0.112. The molecule has 0 heterocycles. The molecule has 0 radical (unpaired) electrons. The van der Waals surface area contributed by atoms with E-state index in [0.717, 1.165) is 16.8 Å². The zero-order chi connectivity index (χ0) is 26.1. The summed E-state index contributed by atoms with van der Waals surface area (Å²) in [5, 5.41) is 15.4. The molecular formula is C28H26ClN3O4. The lowest BCUT2D eigenvalue weighted by Crippen LogP contribution is -2.21. The lowest BCUT2D eigenvalue weighted by Gasteiger charge is -2.14. The van der Waals surface area contributed by atoms with Crippen molar-refractivity contribution in [2.24, 2.45) is 0 Å². The second kappa shape index (κ2) is 12.4.